The summed E-state index contributed by atoms with van der Waals surface area (Å²) in [5.74, 6) is -2.39. The zero-order valence-corrected chi connectivity index (χ0v) is 12.5. The van der Waals surface area contributed by atoms with Gasteiger partial charge in [0.25, 0.3) is 0 Å². The standard InChI is InChI=1S/C14H12F6N2O3/c15-13(16,17)8-5-9(14(18,19)20)7-10(6-8)21-11(23)12(24)22-1-3-25-4-2-22/h5-7H,1-4H2,(H,21,23). The number of carbonyl (C=O) groups excluding carboxylic acids is 2. The van der Waals surface area contributed by atoms with Crippen molar-refractivity contribution in [3.63, 3.8) is 0 Å². The van der Waals surface area contributed by atoms with E-state index >= 15 is 0 Å². The third-order valence-electron chi connectivity index (χ3n) is 3.34. The number of ether oxygens (including phenoxy) is 1. The van der Waals surface area contributed by atoms with Gasteiger partial charge in [-0.3, -0.25) is 9.59 Å². The molecule has 0 atom stereocenters. The summed E-state index contributed by atoms with van der Waals surface area (Å²) in [6.45, 7) is 0.562. The van der Waals surface area contributed by atoms with Crippen LogP contribution in [0.5, 0.6) is 0 Å². The smallest absolute Gasteiger partial charge is 0.378 e. The fourth-order valence-corrected chi connectivity index (χ4v) is 2.12. The van der Waals surface area contributed by atoms with Crippen molar-refractivity contribution in [3.8, 4) is 0 Å². The summed E-state index contributed by atoms with van der Waals surface area (Å²) in [6, 6.07) is 0.596. The molecule has 0 radical (unpaired) electrons. The number of carbonyl (C=O) groups is 2. The largest absolute Gasteiger partial charge is 0.416 e. The van der Waals surface area contributed by atoms with Crippen LogP contribution < -0.4 is 5.32 Å². The van der Waals surface area contributed by atoms with Gasteiger partial charge in [0.1, 0.15) is 0 Å². The lowest BCUT2D eigenvalue weighted by Crippen LogP contribution is -2.45. The minimum atomic E-state index is -5.05. The van der Waals surface area contributed by atoms with E-state index in [1.54, 1.807) is 5.32 Å². The van der Waals surface area contributed by atoms with Crippen molar-refractivity contribution in [3.05, 3.63) is 29.3 Å². The highest BCUT2D eigenvalue weighted by molar-refractivity contribution is 6.39. The minimum Gasteiger partial charge on any atom is -0.378 e. The Labute approximate surface area is 137 Å². The molecule has 1 saturated heterocycles. The Morgan fingerprint density at radius 2 is 1.40 bits per heavy atom. The number of morpholine rings is 1. The lowest BCUT2D eigenvalue weighted by molar-refractivity contribution is -0.145. The summed E-state index contributed by atoms with van der Waals surface area (Å²) in [6.07, 6.45) is -10.1. The molecule has 0 saturated carbocycles. The number of nitrogens with zero attached hydrogens (tertiary/aromatic N) is 1. The molecule has 0 spiro atoms. The summed E-state index contributed by atoms with van der Waals surface area (Å²) >= 11 is 0. The molecule has 5 nitrogen and oxygen atoms in total. The number of rotatable bonds is 1. The highest BCUT2D eigenvalue weighted by atomic mass is 19.4. The maximum absolute atomic E-state index is 12.8. The molecular weight excluding hydrogens is 358 g/mol. The SMILES string of the molecule is O=C(Nc1cc(C(F)(F)F)cc(C(F)(F)F)c1)C(=O)N1CCOCC1. The van der Waals surface area contributed by atoms with Crippen molar-refractivity contribution >= 4 is 17.5 Å². The van der Waals surface area contributed by atoms with Gasteiger partial charge in [-0.05, 0) is 18.2 Å². The number of nitrogens with one attached hydrogen (secondary N) is 1. The Bertz CT molecular complexity index is 633. The van der Waals surface area contributed by atoms with Crippen molar-refractivity contribution in [1.29, 1.82) is 0 Å². The van der Waals surface area contributed by atoms with Crippen LogP contribution in [0.4, 0.5) is 32.0 Å². The van der Waals surface area contributed by atoms with Gasteiger partial charge in [-0.1, -0.05) is 0 Å². The summed E-state index contributed by atoms with van der Waals surface area (Å²) in [7, 11) is 0. The third-order valence-corrected chi connectivity index (χ3v) is 3.34. The molecule has 1 aromatic carbocycles. The van der Waals surface area contributed by atoms with Gasteiger partial charge >= 0.3 is 24.2 Å². The second kappa shape index (κ2) is 6.90. The van der Waals surface area contributed by atoms with E-state index in [2.05, 4.69) is 0 Å². The molecule has 2 amide bonds. The molecule has 1 aliphatic rings. The zero-order valence-electron chi connectivity index (χ0n) is 12.5. The summed E-state index contributed by atoms with van der Waals surface area (Å²) in [5, 5.41) is 1.79. The molecule has 2 rings (SSSR count). The second-order valence-electron chi connectivity index (χ2n) is 5.15. The van der Waals surface area contributed by atoms with Crippen LogP contribution >= 0.6 is 0 Å². The topological polar surface area (TPSA) is 58.6 Å². The molecular formula is C14H12F6N2O3. The van der Waals surface area contributed by atoms with Gasteiger partial charge in [0.15, 0.2) is 0 Å². The van der Waals surface area contributed by atoms with Crippen molar-refractivity contribution in [1.82, 2.24) is 4.90 Å². The number of anilines is 1. The van der Waals surface area contributed by atoms with Crippen molar-refractivity contribution < 1.29 is 40.7 Å². The maximum Gasteiger partial charge on any atom is 0.416 e. The summed E-state index contributed by atoms with van der Waals surface area (Å²) in [4.78, 5) is 24.8. The number of halogens is 6. The Kier molecular flexibility index (Phi) is 5.26. The third kappa shape index (κ3) is 4.84. The highest BCUT2D eigenvalue weighted by Gasteiger charge is 2.37. The average Bonchev–Trinajstić information content (AvgIpc) is 2.53. The van der Waals surface area contributed by atoms with Gasteiger partial charge in [-0.25, -0.2) is 0 Å². The summed E-state index contributed by atoms with van der Waals surface area (Å²) in [5.41, 5.74) is -3.94. The first kappa shape index (κ1) is 19.0. The van der Waals surface area contributed by atoms with E-state index in [0.717, 1.165) is 4.90 Å². The van der Waals surface area contributed by atoms with E-state index in [4.69, 9.17) is 4.74 Å². The lowest BCUT2D eigenvalue weighted by atomic mass is 10.1. The number of hydrogen-bond acceptors (Lipinski definition) is 3. The Hall–Kier alpha value is -2.30. The van der Waals surface area contributed by atoms with Gasteiger partial charge < -0.3 is 15.0 Å². The van der Waals surface area contributed by atoms with Gasteiger partial charge in [0.2, 0.25) is 0 Å². The Morgan fingerprint density at radius 3 is 1.84 bits per heavy atom. The quantitative estimate of drug-likeness (QED) is 0.611. The number of amides is 2. The molecule has 0 unspecified atom stereocenters. The maximum atomic E-state index is 12.8. The Morgan fingerprint density at radius 1 is 0.920 bits per heavy atom. The second-order valence-corrected chi connectivity index (χ2v) is 5.15. The average molecular weight is 370 g/mol. The molecule has 1 fully saturated rings. The molecule has 1 aliphatic heterocycles. The van der Waals surface area contributed by atoms with Crippen LogP contribution in [0.3, 0.4) is 0 Å². The van der Waals surface area contributed by atoms with E-state index in [0.29, 0.717) is 12.1 Å². The minimum absolute atomic E-state index is 0.0700. The molecule has 0 aliphatic carbocycles. The molecule has 0 bridgehead atoms. The highest BCUT2D eigenvalue weighted by Crippen LogP contribution is 2.37. The molecule has 1 heterocycles. The summed E-state index contributed by atoms with van der Waals surface area (Å²) < 4.78 is 81.5. The van der Waals surface area contributed by atoms with Gasteiger partial charge in [-0.15, -0.1) is 0 Å². The van der Waals surface area contributed by atoms with Crippen LogP contribution in [-0.4, -0.2) is 43.0 Å². The van der Waals surface area contributed by atoms with Crippen molar-refractivity contribution in [2.75, 3.05) is 31.6 Å². The van der Waals surface area contributed by atoms with Crippen LogP contribution in [0.25, 0.3) is 0 Å². The number of benzene rings is 1. The molecule has 0 aromatic heterocycles. The first-order chi connectivity index (χ1) is 11.5. The first-order valence-corrected chi connectivity index (χ1v) is 6.96. The van der Waals surface area contributed by atoms with E-state index in [1.807, 2.05) is 0 Å². The first-order valence-electron chi connectivity index (χ1n) is 6.96. The normalized spacial score (nSPS) is 15.8. The molecule has 25 heavy (non-hydrogen) atoms. The number of alkyl halides is 6. The molecule has 1 N–H and O–H groups in total. The van der Waals surface area contributed by atoms with E-state index in [1.165, 1.54) is 0 Å². The lowest BCUT2D eigenvalue weighted by Gasteiger charge is -2.26. The molecule has 11 heteroatoms. The Balaban J connectivity index is 2.25. The monoisotopic (exact) mass is 370 g/mol. The van der Waals surface area contributed by atoms with Crippen molar-refractivity contribution in [2.45, 2.75) is 12.4 Å². The van der Waals surface area contributed by atoms with Crippen LogP contribution in [0.2, 0.25) is 0 Å². The fourth-order valence-electron chi connectivity index (χ4n) is 2.12. The predicted molar refractivity (Wildman–Crippen MR) is 72.5 cm³/mol. The van der Waals surface area contributed by atoms with Crippen LogP contribution in [0.15, 0.2) is 18.2 Å². The van der Waals surface area contributed by atoms with Crippen molar-refractivity contribution in [2.24, 2.45) is 0 Å². The zero-order chi connectivity index (χ0) is 18.8. The van der Waals surface area contributed by atoms with E-state index in [9.17, 15) is 35.9 Å². The van der Waals surface area contributed by atoms with Crippen LogP contribution in [0, 0.1) is 0 Å². The van der Waals surface area contributed by atoms with Crippen LogP contribution in [0.1, 0.15) is 11.1 Å². The van der Waals surface area contributed by atoms with E-state index < -0.39 is 41.0 Å². The predicted octanol–water partition coefficient (Wildman–Crippen LogP) is 2.52. The number of hydrogen-bond donors (Lipinski definition) is 1. The van der Waals surface area contributed by atoms with Gasteiger partial charge in [0.05, 0.1) is 24.3 Å². The fraction of sp³-hybridized carbons (Fsp3) is 0.429. The van der Waals surface area contributed by atoms with Crippen LogP contribution in [-0.2, 0) is 26.7 Å². The van der Waals surface area contributed by atoms with Gasteiger partial charge in [-0.2, -0.15) is 26.3 Å². The molecule has 1 aromatic rings. The van der Waals surface area contributed by atoms with Gasteiger partial charge in [0, 0.05) is 18.8 Å². The molecule has 138 valence electrons. The van der Waals surface area contributed by atoms with E-state index in [-0.39, 0.29) is 32.4 Å².